The normalized spacial score (nSPS) is 11.5. The van der Waals surface area contributed by atoms with Crippen molar-refractivity contribution in [1.82, 2.24) is 4.98 Å². The second-order valence-electron chi connectivity index (χ2n) is 7.01. The standard InChI is InChI=1S/C22H23N5O3S/c1-13-20(31-22(25-13)27-21(23)24)15-7-9-17(10-8-15)26-18(28)11-16(12-19(29)30)14-5-3-2-4-6-14/h2-10,16H,11-12H2,1H3,(H,26,28)(H,29,30)(H4,23,24,25,27). The highest BCUT2D eigenvalue weighted by Crippen LogP contribution is 2.33. The Labute approximate surface area is 183 Å². The summed E-state index contributed by atoms with van der Waals surface area (Å²) in [6.07, 6.45) is -0.0379. The Hall–Kier alpha value is -3.72. The number of anilines is 2. The van der Waals surface area contributed by atoms with Gasteiger partial charge in [-0.2, -0.15) is 0 Å². The lowest BCUT2D eigenvalue weighted by atomic mass is 9.92. The number of nitrogens with one attached hydrogen (secondary N) is 3. The number of hydrogen-bond acceptors (Lipinski definition) is 5. The minimum absolute atomic E-state index is 0.0755. The molecule has 1 heterocycles. The highest BCUT2D eigenvalue weighted by Gasteiger charge is 2.19. The lowest BCUT2D eigenvalue weighted by Gasteiger charge is -2.15. The molecule has 0 radical (unpaired) electrons. The molecule has 1 amide bonds. The zero-order valence-corrected chi connectivity index (χ0v) is 17.7. The fourth-order valence-corrected chi connectivity index (χ4v) is 4.20. The average Bonchev–Trinajstić information content (AvgIpc) is 3.07. The van der Waals surface area contributed by atoms with Crippen LogP contribution in [-0.2, 0) is 9.59 Å². The molecule has 0 saturated carbocycles. The van der Waals surface area contributed by atoms with Gasteiger partial charge in [0.15, 0.2) is 11.1 Å². The summed E-state index contributed by atoms with van der Waals surface area (Å²) >= 11 is 1.39. The van der Waals surface area contributed by atoms with E-state index in [2.05, 4.69) is 15.6 Å². The number of nitrogens with two attached hydrogens (primary N) is 1. The SMILES string of the molecule is Cc1nc(NC(=N)N)sc1-c1ccc(NC(=O)CC(CC(=O)O)c2ccccc2)cc1. The van der Waals surface area contributed by atoms with Gasteiger partial charge < -0.3 is 21.5 Å². The molecule has 2 aromatic carbocycles. The van der Waals surface area contributed by atoms with Crippen molar-refractivity contribution in [1.29, 1.82) is 5.41 Å². The molecule has 6 N–H and O–H groups in total. The molecule has 0 aliphatic heterocycles. The number of carbonyl (C=O) groups excluding carboxylic acids is 1. The van der Waals surface area contributed by atoms with Crippen molar-refractivity contribution >= 4 is 40.0 Å². The first-order chi connectivity index (χ1) is 14.8. The van der Waals surface area contributed by atoms with Gasteiger partial charge in [-0.1, -0.05) is 53.8 Å². The summed E-state index contributed by atoms with van der Waals surface area (Å²) in [4.78, 5) is 29.1. The monoisotopic (exact) mass is 437 g/mol. The summed E-state index contributed by atoms with van der Waals surface area (Å²) in [6, 6.07) is 16.5. The zero-order valence-electron chi connectivity index (χ0n) is 16.9. The first kappa shape index (κ1) is 22.0. The molecule has 8 nitrogen and oxygen atoms in total. The van der Waals surface area contributed by atoms with E-state index in [4.69, 9.17) is 11.1 Å². The van der Waals surface area contributed by atoms with E-state index in [9.17, 15) is 14.7 Å². The van der Waals surface area contributed by atoms with E-state index in [1.807, 2.05) is 49.4 Å². The summed E-state index contributed by atoms with van der Waals surface area (Å²) in [5, 5.41) is 22.6. The molecule has 9 heteroatoms. The fourth-order valence-electron chi connectivity index (χ4n) is 3.22. The quantitative estimate of drug-likeness (QED) is 0.266. The van der Waals surface area contributed by atoms with E-state index in [0.29, 0.717) is 10.8 Å². The maximum atomic E-state index is 12.5. The number of aryl methyl sites for hydroxylation is 1. The van der Waals surface area contributed by atoms with Crippen LogP contribution in [0.4, 0.5) is 10.8 Å². The molecule has 160 valence electrons. The number of hydrogen-bond donors (Lipinski definition) is 5. The number of aliphatic carboxylic acids is 1. The first-order valence-electron chi connectivity index (χ1n) is 9.57. The minimum atomic E-state index is -0.940. The first-order valence-corrected chi connectivity index (χ1v) is 10.4. The summed E-state index contributed by atoms with van der Waals surface area (Å²) in [6.45, 7) is 1.87. The Kier molecular flexibility index (Phi) is 6.99. The molecule has 1 unspecified atom stereocenters. The molecule has 0 aliphatic rings. The highest BCUT2D eigenvalue weighted by molar-refractivity contribution is 7.19. The predicted octanol–water partition coefficient (Wildman–Crippen LogP) is 4.01. The van der Waals surface area contributed by atoms with Crippen LogP contribution in [0, 0.1) is 12.3 Å². The Balaban J connectivity index is 1.67. The number of aromatic nitrogens is 1. The van der Waals surface area contributed by atoms with E-state index in [1.54, 1.807) is 12.1 Å². The number of thiazole rings is 1. The lowest BCUT2D eigenvalue weighted by Crippen LogP contribution is -2.20. The molecule has 1 atom stereocenters. The van der Waals surface area contributed by atoms with Crippen molar-refractivity contribution in [2.24, 2.45) is 5.73 Å². The van der Waals surface area contributed by atoms with Gasteiger partial charge in [-0.25, -0.2) is 4.98 Å². The molecular formula is C22H23N5O3S. The van der Waals surface area contributed by atoms with Crippen LogP contribution < -0.4 is 16.4 Å². The number of guanidine groups is 1. The molecule has 0 bridgehead atoms. The summed E-state index contributed by atoms with van der Waals surface area (Å²) in [7, 11) is 0. The maximum absolute atomic E-state index is 12.5. The van der Waals surface area contributed by atoms with Gasteiger partial charge in [0.2, 0.25) is 5.91 Å². The van der Waals surface area contributed by atoms with Crippen LogP contribution in [-0.4, -0.2) is 27.9 Å². The molecule has 3 aromatic rings. The molecule has 0 fully saturated rings. The molecule has 0 spiro atoms. The number of carboxylic acids is 1. The number of nitrogens with zero attached hydrogens (tertiary/aromatic N) is 1. The van der Waals surface area contributed by atoms with E-state index < -0.39 is 11.9 Å². The summed E-state index contributed by atoms with van der Waals surface area (Å²) < 4.78 is 0. The van der Waals surface area contributed by atoms with Gasteiger partial charge in [0.05, 0.1) is 17.0 Å². The number of amides is 1. The number of carbonyl (C=O) groups is 2. The third kappa shape index (κ3) is 6.13. The largest absolute Gasteiger partial charge is 0.481 e. The van der Waals surface area contributed by atoms with Crippen molar-refractivity contribution in [3.8, 4) is 10.4 Å². The van der Waals surface area contributed by atoms with E-state index in [1.165, 1.54) is 11.3 Å². The molecule has 0 saturated heterocycles. The Bertz CT molecular complexity index is 1080. The molecule has 1 aromatic heterocycles. The van der Waals surface area contributed by atoms with Crippen LogP contribution in [0.25, 0.3) is 10.4 Å². The summed E-state index contributed by atoms with van der Waals surface area (Å²) in [5.41, 5.74) is 8.54. The van der Waals surface area contributed by atoms with E-state index in [-0.39, 0.29) is 24.7 Å². The van der Waals surface area contributed by atoms with Crippen LogP contribution in [0.15, 0.2) is 54.6 Å². The predicted molar refractivity (Wildman–Crippen MR) is 123 cm³/mol. The number of carboxylic acid groups (broad SMARTS) is 1. The third-order valence-corrected chi connectivity index (χ3v) is 5.71. The average molecular weight is 438 g/mol. The van der Waals surface area contributed by atoms with Gasteiger partial charge in [0, 0.05) is 18.0 Å². The van der Waals surface area contributed by atoms with E-state index in [0.717, 1.165) is 21.7 Å². The van der Waals surface area contributed by atoms with Gasteiger partial charge in [0.25, 0.3) is 0 Å². The second-order valence-corrected chi connectivity index (χ2v) is 8.01. The molecular weight excluding hydrogens is 414 g/mol. The van der Waals surface area contributed by atoms with Crippen molar-refractivity contribution < 1.29 is 14.7 Å². The van der Waals surface area contributed by atoms with Gasteiger partial charge in [0.1, 0.15) is 0 Å². The zero-order chi connectivity index (χ0) is 22.4. The second kappa shape index (κ2) is 9.86. The van der Waals surface area contributed by atoms with Gasteiger partial charge in [-0.3, -0.25) is 15.0 Å². The van der Waals surface area contributed by atoms with Crippen molar-refractivity contribution in [2.75, 3.05) is 10.6 Å². The van der Waals surface area contributed by atoms with Gasteiger partial charge in [-0.15, -0.1) is 0 Å². The lowest BCUT2D eigenvalue weighted by molar-refractivity contribution is -0.137. The number of rotatable bonds is 8. The summed E-state index contributed by atoms with van der Waals surface area (Å²) in [5.74, 6) is -1.76. The van der Waals surface area contributed by atoms with Gasteiger partial charge in [-0.05, 0) is 30.2 Å². The minimum Gasteiger partial charge on any atom is -0.481 e. The van der Waals surface area contributed by atoms with Crippen molar-refractivity contribution in [3.63, 3.8) is 0 Å². The topological polar surface area (TPSA) is 141 Å². The van der Waals surface area contributed by atoms with Crippen LogP contribution in [0.5, 0.6) is 0 Å². The van der Waals surface area contributed by atoms with Crippen molar-refractivity contribution in [2.45, 2.75) is 25.7 Å². The maximum Gasteiger partial charge on any atom is 0.303 e. The van der Waals surface area contributed by atoms with Crippen LogP contribution >= 0.6 is 11.3 Å². The third-order valence-electron chi connectivity index (χ3n) is 4.59. The van der Waals surface area contributed by atoms with Gasteiger partial charge >= 0.3 is 5.97 Å². The Morgan fingerprint density at radius 3 is 2.39 bits per heavy atom. The Morgan fingerprint density at radius 2 is 1.77 bits per heavy atom. The Morgan fingerprint density at radius 1 is 1.10 bits per heavy atom. The number of benzene rings is 2. The fraction of sp³-hybridized carbons (Fsp3) is 0.182. The van der Waals surface area contributed by atoms with Crippen molar-refractivity contribution in [3.05, 3.63) is 65.9 Å². The molecule has 0 aliphatic carbocycles. The smallest absolute Gasteiger partial charge is 0.303 e. The molecule has 3 rings (SSSR count). The van der Waals surface area contributed by atoms with Crippen LogP contribution in [0.2, 0.25) is 0 Å². The van der Waals surface area contributed by atoms with Crippen LogP contribution in [0.3, 0.4) is 0 Å². The molecule has 31 heavy (non-hydrogen) atoms. The van der Waals surface area contributed by atoms with Crippen LogP contribution in [0.1, 0.15) is 30.0 Å². The van der Waals surface area contributed by atoms with E-state index >= 15 is 0 Å². The highest BCUT2D eigenvalue weighted by atomic mass is 32.1.